The number of methoxy groups -OCH3 is 1. The molecule has 2 aliphatic rings. The van der Waals surface area contributed by atoms with Gasteiger partial charge in [-0.15, -0.1) is 0 Å². The standard InChI is InChI=1S/C14H20N2O6S/c1-20-7-8-3-4-10(22-8)14(17)15-11-9-5-6-21-13(9)12(11)16-23(2,18)19/h3-4,9,11-13,16H,5-7H2,1-2H3,(H,15,17)/t9-,11+,12-,13-/m1/s1. The van der Waals surface area contributed by atoms with Gasteiger partial charge in [0.05, 0.1) is 24.4 Å². The normalized spacial score (nSPS) is 29.8. The Balaban J connectivity index is 1.68. The Hall–Kier alpha value is -1.42. The summed E-state index contributed by atoms with van der Waals surface area (Å²) in [6.45, 7) is 0.857. The predicted octanol–water partition coefficient (Wildman–Crippen LogP) is -0.139. The number of nitrogens with one attached hydrogen (secondary N) is 2. The van der Waals surface area contributed by atoms with E-state index in [0.717, 1.165) is 12.7 Å². The molecule has 1 saturated carbocycles. The number of ether oxygens (including phenoxy) is 2. The van der Waals surface area contributed by atoms with Gasteiger partial charge in [-0.2, -0.15) is 0 Å². The van der Waals surface area contributed by atoms with E-state index in [9.17, 15) is 13.2 Å². The highest BCUT2D eigenvalue weighted by molar-refractivity contribution is 7.88. The quantitative estimate of drug-likeness (QED) is 0.744. The van der Waals surface area contributed by atoms with Gasteiger partial charge in [0, 0.05) is 19.6 Å². The van der Waals surface area contributed by atoms with Gasteiger partial charge in [-0.1, -0.05) is 0 Å². The van der Waals surface area contributed by atoms with Crippen molar-refractivity contribution in [1.82, 2.24) is 10.0 Å². The number of amides is 1. The smallest absolute Gasteiger partial charge is 0.287 e. The van der Waals surface area contributed by atoms with Crippen molar-refractivity contribution < 1.29 is 27.1 Å². The number of furan rings is 1. The summed E-state index contributed by atoms with van der Waals surface area (Å²) in [7, 11) is -1.84. The third-order valence-electron chi connectivity index (χ3n) is 4.21. The monoisotopic (exact) mass is 344 g/mol. The molecule has 0 unspecified atom stereocenters. The summed E-state index contributed by atoms with van der Waals surface area (Å²) in [6.07, 6.45) is 1.71. The second-order valence-electron chi connectivity index (χ2n) is 5.90. The van der Waals surface area contributed by atoms with E-state index >= 15 is 0 Å². The summed E-state index contributed by atoms with van der Waals surface area (Å²) in [4.78, 5) is 12.3. The lowest BCUT2D eigenvalue weighted by Crippen LogP contribution is -2.70. The van der Waals surface area contributed by atoms with Gasteiger partial charge < -0.3 is 19.2 Å². The number of carbonyl (C=O) groups excluding carboxylic acids is 1. The molecular weight excluding hydrogens is 324 g/mol. The topological polar surface area (TPSA) is 107 Å². The Morgan fingerprint density at radius 1 is 1.39 bits per heavy atom. The highest BCUT2D eigenvalue weighted by atomic mass is 32.2. The van der Waals surface area contributed by atoms with Gasteiger partial charge >= 0.3 is 0 Å². The average molecular weight is 344 g/mol. The lowest BCUT2D eigenvalue weighted by atomic mass is 9.72. The molecule has 4 atom stereocenters. The first-order valence-corrected chi connectivity index (χ1v) is 9.25. The third-order valence-corrected chi connectivity index (χ3v) is 4.91. The fraction of sp³-hybridized carbons (Fsp3) is 0.643. The lowest BCUT2D eigenvalue weighted by Gasteiger charge is -2.47. The molecule has 23 heavy (non-hydrogen) atoms. The van der Waals surface area contributed by atoms with E-state index in [0.29, 0.717) is 12.4 Å². The van der Waals surface area contributed by atoms with Crippen LogP contribution in [-0.2, 0) is 26.1 Å². The molecule has 1 aliphatic carbocycles. The molecule has 0 aromatic carbocycles. The zero-order valence-corrected chi connectivity index (χ0v) is 13.8. The second-order valence-corrected chi connectivity index (χ2v) is 7.68. The molecule has 1 aliphatic heterocycles. The van der Waals surface area contributed by atoms with Crippen molar-refractivity contribution in [3.63, 3.8) is 0 Å². The first kappa shape index (κ1) is 16.4. The van der Waals surface area contributed by atoms with Crippen LogP contribution < -0.4 is 10.0 Å². The largest absolute Gasteiger partial charge is 0.453 e. The zero-order chi connectivity index (χ0) is 16.6. The number of hydrogen-bond acceptors (Lipinski definition) is 6. The van der Waals surface area contributed by atoms with Crippen LogP contribution in [0.2, 0.25) is 0 Å². The number of hydrogen-bond donors (Lipinski definition) is 2. The summed E-state index contributed by atoms with van der Waals surface area (Å²) < 4.78 is 41.4. The van der Waals surface area contributed by atoms with Crippen molar-refractivity contribution >= 4 is 15.9 Å². The fourth-order valence-corrected chi connectivity index (χ4v) is 4.01. The Bertz CT molecular complexity index is 685. The zero-order valence-electron chi connectivity index (χ0n) is 12.9. The Kier molecular flexibility index (Phi) is 4.45. The maximum absolute atomic E-state index is 12.3. The van der Waals surface area contributed by atoms with Crippen molar-refractivity contribution in [3.8, 4) is 0 Å². The fourth-order valence-electron chi connectivity index (χ4n) is 3.23. The van der Waals surface area contributed by atoms with Crippen LogP contribution in [0.1, 0.15) is 22.7 Å². The molecule has 1 aromatic rings. The predicted molar refractivity (Wildman–Crippen MR) is 80.3 cm³/mol. The summed E-state index contributed by atoms with van der Waals surface area (Å²) in [5.74, 6) is 0.478. The van der Waals surface area contributed by atoms with Crippen LogP contribution in [0.25, 0.3) is 0 Å². The minimum Gasteiger partial charge on any atom is -0.453 e. The van der Waals surface area contributed by atoms with Gasteiger partial charge in [-0.05, 0) is 18.6 Å². The van der Waals surface area contributed by atoms with Crippen LogP contribution in [0, 0.1) is 5.92 Å². The van der Waals surface area contributed by atoms with E-state index < -0.39 is 16.1 Å². The van der Waals surface area contributed by atoms with Gasteiger partial charge in [0.25, 0.3) is 5.91 Å². The first-order valence-electron chi connectivity index (χ1n) is 7.36. The van der Waals surface area contributed by atoms with Crippen LogP contribution in [0.3, 0.4) is 0 Å². The van der Waals surface area contributed by atoms with E-state index in [1.807, 2.05) is 0 Å². The van der Waals surface area contributed by atoms with Gasteiger partial charge in [-0.3, -0.25) is 4.79 Å². The van der Waals surface area contributed by atoms with E-state index in [1.54, 1.807) is 12.1 Å². The van der Waals surface area contributed by atoms with Gasteiger partial charge in [0.1, 0.15) is 12.4 Å². The molecular formula is C14H20N2O6S. The molecule has 0 radical (unpaired) electrons. The van der Waals surface area contributed by atoms with Crippen molar-refractivity contribution in [2.45, 2.75) is 31.2 Å². The average Bonchev–Trinajstić information content (AvgIpc) is 3.09. The lowest BCUT2D eigenvalue weighted by molar-refractivity contribution is -0.0197. The molecule has 128 valence electrons. The van der Waals surface area contributed by atoms with Crippen LogP contribution >= 0.6 is 0 Å². The third kappa shape index (κ3) is 3.42. The Morgan fingerprint density at radius 3 is 2.87 bits per heavy atom. The molecule has 2 N–H and O–H groups in total. The SMILES string of the molecule is COCc1ccc(C(=O)N[C@H]2[C@H]3CCO[C@H]3[C@@H]2NS(C)(=O)=O)o1. The summed E-state index contributed by atoms with van der Waals surface area (Å²) in [5, 5.41) is 2.85. The highest BCUT2D eigenvalue weighted by Crippen LogP contribution is 2.39. The molecule has 2 heterocycles. The molecule has 3 rings (SSSR count). The molecule has 0 bridgehead atoms. The van der Waals surface area contributed by atoms with E-state index in [1.165, 1.54) is 7.11 Å². The van der Waals surface area contributed by atoms with E-state index in [-0.39, 0.29) is 36.3 Å². The molecule has 0 spiro atoms. The highest BCUT2D eigenvalue weighted by Gasteiger charge is 2.55. The Labute approximate surface area is 134 Å². The number of fused-ring (bicyclic) bond motifs is 1. The summed E-state index contributed by atoms with van der Waals surface area (Å²) >= 11 is 0. The van der Waals surface area contributed by atoms with Crippen LogP contribution in [-0.4, -0.2) is 52.5 Å². The van der Waals surface area contributed by atoms with Crippen molar-refractivity contribution in [2.75, 3.05) is 20.0 Å². The first-order chi connectivity index (χ1) is 10.9. The molecule has 2 fully saturated rings. The molecule has 1 amide bonds. The Morgan fingerprint density at radius 2 is 2.17 bits per heavy atom. The van der Waals surface area contributed by atoms with Crippen molar-refractivity contribution in [2.24, 2.45) is 5.92 Å². The van der Waals surface area contributed by atoms with Gasteiger partial charge in [0.15, 0.2) is 5.76 Å². The molecule has 8 nitrogen and oxygen atoms in total. The minimum absolute atomic E-state index is 0.117. The van der Waals surface area contributed by atoms with E-state index in [4.69, 9.17) is 13.9 Å². The van der Waals surface area contributed by atoms with Gasteiger partial charge in [-0.25, -0.2) is 13.1 Å². The van der Waals surface area contributed by atoms with Crippen LogP contribution in [0.5, 0.6) is 0 Å². The summed E-state index contributed by atoms with van der Waals surface area (Å²) in [5.41, 5.74) is 0. The molecule has 1 aromatic heterocycles. The van der Waals surface area contributed by atoms with Crippen LogP contribution in [0.15, 0.2) is 16.5 Å². The number of rotatable bonds is 6. The number of sulfonamides is 1. The second kappa shape index (κ2) is 6.23. The molecule has 9 heteroatoms. The maximum atomic E-state index is 12.3. The number of carbonyl (C=O) groups is 1. The van der Waals surface area contributed by atoms with E-state index in [2.05, 4.69) is 10.0 Å². The van der Waals surface area contributed by atoms with Crippen LogP contribution in [0.4, 0.5) is 0 Å². The summed E-state index contributed by atoms with van der Waals surface area (Å²) in [6, 6.07) is 2.49. The van der Waals surface area contributed by atoms with Crippen molar-refractivity contribution in [1.29, 1.82) is 0 Å². The maximum Gasteiger partial charge on any atom is 0.287 e. The van der Waals surface area contributed by atoms with Gasteiger partial charge in [0.2, 0.25) is 10.0 Å². The minimum atomic E-state index is -3.38. The molecule has 1 saturated heterocycles. The van der Waals surface area contributed by atoms with Crippen molar-refractivity contribution in [3.05, 3.63) is 23.7 Å².